The van der Waals surface area contributed by atoms with Crippen molar-refractivity contribution >= 4 is 45.9 Å². The number of hydrogen-bond acceptors (Lipinski definition) is 4. The summed E-state index contributed by atoms with van der Waals surface area (Å²) < 4.78 is 1.61. The molecule has 31 heavy (non-hydrogen) atoms. The van der Waals surface area contributed by atoms with Gasteiger partial charge in [0.2, 0.25) is 5.91 Å². The summed E-state index contributed by atoms with van der Waals surface area (Å²) in [6, 6.07) is 11.9. The minimum Gasteiger partial charge on any atom is -0.352 e. The van der Waals surface area contributed by atoms with Crippen LogP contribution in [0.2, 0.25) is 5.02 Å². The molecule has 0 unspecified atom stereocenters. The van der Waals surface area contributed by atoms with Crippen molar-refractivity contribution < 1.29 is 9.59 Å². The Kier molecular flexibility index (Phi) is 6.83. The second-order valence-electron chi connectivity index (χ2n) is 7.82. The number of carbonyl (C=O) groups excluding carboxylic acids is 2. The molecule has 4 rings (SSSR count). The second kappa shape index (κ2) is 9.75. The number of aryl methyl sites for hydroxylation is 1. The van der Waals surface area contributed by atoms with Crippen LogP contribution in [-0.2, 0) is 11.8 Å². The monoisotopic (exact) mass is 456 g/mol. The molecule has 0 bridgehead atoms. The number of aromatic nitrogens is 2. The van der Waals surface area contributed by atoms with Crippen LogP contribution in [0.15, 0.2) is 53.7 Å². The lowest BCUT2D eigenvalue weighted by atomic mass is 9.96. The molecule has 0 aliphatic carbocycles. The molecule has 1 fully saturated rings. The quantitative estimate of drug-likeness (QED) is 0.569. The Labute approximate surface area is 190 Å². The lowest BCUT2D eigenvalue weighted by molar-refractivity contribution is -0.129. The van der Waals surface area contributed by atoms with Crippen LogP contribution in [0.4, 0.5) is 0 Å². The molecule has 1 aromatic heterocycles. The third kappa shape index (κ3) is 5.22. The molecule has 1 saturated heterocycles. The molecule has 2 aromatic carbocycles. The standard InChI is InChI=1S/C23H25ClN4O2S/c1-27-14-18(13-26-27)23(30)25-12-16-8-10-28(11-9-16)21(29)15-31-20-7-3-5-17-4-2-6-19(24)22(17)20/h2-7,13-14,16H,8-12,15H2,1H3,(H,25,30). The van der Waals surface area contributed by atoms with Gasteiger partial charge in [-0.25, -0.2) is 0 Å². The van der Waals surface area contributed by atoms with E-state index >= 15 is 0 Å². The highest BCUT2D eigenvalue weighted by Gasteiger charge is 2.23. The van der Waals surface area contributed by atoms with Crippen molar-refractivity contribution in [3.05, 3.63) is 59.4 Å². The largest absolute Gasteiger partial charge is 0.352 e. The molecule has 162 valence electrons. The minimum atomic E-state index is -0.100. The normalized spacial score (nSPS) is 14.7. The highest BCUT2D eigenvalue weighted by atomic mass is 35.5. The Balaban J connectivity index is 1.25. The molecule has 2 heterocycles. The number of benzene rings is 2. The van der Waals surface area contributed by atoms with E-state index in [4.69, 9.17) is 11.6 Å². The molecule has 0 saturated carbocycles. The topological polar surface area (TPSA) is 67.2 Å². The number of amides is 2. The third-order valence-corrected chi connectivity index (χ3v) is 7.01. The van der Waals surface area contributed by atoms with Crippen molar-refractivity contribution in [2.45, 2.75) is 17.7 Å². The first kappa shape index (κ1) is 21.7. The minimum absolute atomic E-state index is 0.100. The zero-order valence-electron chi connectivity index (χ0n) is 17.4. The second-order valence-corrected chi connectivity index (χ2v) is 9.24. The van der Waals surface area contributed by atoms with Crippen LogP contribution in [-0.4, -0.2) is 51.9 Å². The molecule has 2 amide bonds. The zero-order valence-corrected chi connectivity index (χ0v) is 19.0. The summed E-state index contributed by atoms with van der Waals surface area (Å²) in [5, 5.41) is 9.81. The van der Waals surface area contributed by atoms with E-state index in [2.05, 4.69) is 10.4 Å². The number of halogens is 1. The summed E-state index contributed by atoms with van der Waals surface area (Å²) in [5.41, 5.74) is 0.570. The predicted octanol–water partition coefficient (Wildman–Crippen LogP) is 3.99. The number of nitrogens with zero attached hydrogens (tertiary/aromatic N) is 3. The molecule has 0 atom stereocenters. The van der Waals surface area contributed by atoms with Crippen LogP contribution in [0.5, 0.6) is 0 Å². The average molecular weight is 457 g/mol. The number of carbonyl (C=O) groups is 2. The van der Waals surface area contributed by atoms with Crippen molar-refractivity contribution in [3.8, 4) is 0 Å². The number of likely N-dealkylation sites (tertiary alicyclic amines) is 1. The van der Waals surface area contributed by atoms with Gasteiger partial charge in [-0.2, -0.15) is 5.10 Å². The van der Waals surface area contributed by atoms with Gasteiger partial charge in [0.05, 0.1) is 17.5 Å². The lowest BCUT2D eigenvalue weighted by Crippen LogP contribution is -2.42. The van der Waals surface area contributed by atoms with Gasteiger partial charge in [0.1, 0.15) is 0 Å². The Morgan fingerprint density at radius 3 is 2.65 bits per heavy atom. The fourth-order valence-electron chi connectivity index (χ4n) is 3.88. The summed E-state index contributed by atoms with van der Waals surface area (Å²) in [4.78, 5) is 27.9. The molecule has 8 heteroatoms. The molecule has 0 spiro atoms. The average Bonchev–Trinajstić information content (AvgIpc) is 3.22. The van der Waals surface area contributed by atoms with E-state index in [1.165, 1.54) is 11.8 Å². The maximum absolute atomic E-state index is 12.7. The van der Waals surface area contributed by atoms with E-state index in [1.54, 1.807) is 24.1 Å². The molecule has 1 N–H and O–H groups in total. The van der Waals surface area contributed by atoms with Crippen LogP contribution >= 0.6 is 23.4 Å². The first-order chi connectivity index (χ1) is 15.0. The SMILES string of the molecule is Cn1cc(C(=O)NCC2CCN(C(=O)CSc3cccc4cccc(Cl)c34)CC2)cn1. The first-order valence-corrected chi connectivity index (χ1v) is 11.7. The van der Waals surface area contributed by atoms with Gasteiger partial charge in [-0.15, -0.1) is 11.8 Å². The molecule has 6 nitrogen and oxygen atoms in total. The lowest BCUT2D eigenvalue weighted by Gasteiger charge is -2.32. The van der Waals surface area contributed by atoms with E-state index in [0.717, 1.165) is 41.6 Å². The van der Waals surface area contributed by atoms with Crippen molar-refractivity contribution in [2.75, 3.05) is 25.4 Å². The van der Waals surface area contributed by atoms with Gasteiger partial charge in [-0.1, -0.05) is 35.9 Å². The van der Waals surface area contributed by atoms with E-state index in [1.807, 2.05) is 41.3 Å². The maximum Gasteiger partial charge on any atom is 0.254 e. The summed E-state index contributed by atoms with van der Waals surface area (Å²) in [6.45, 7) is 2.07. The van der Waals surface area contributed by atoms with Crippen LogP contribution in [0.25, 0.3) is 10.8 Å². The Bertz CT molecular complexity index is 1090. The highest BCUT2D eigenvalue weighted by Crippen LogP contribution is 2.33. The van der Waals surface area contributed by atoms with E-state index in [-0.39, 0.29) is 11.8 Å². The van der Waals surface area contributed by atoms with Gasteiger partial charge in [0.15, 0.2) is 0 Å². The molecule has 3 aromatic rings. The van der Waals surface area contributed by atoms with Gasteiger partial charge >= 0.3 is 0 Å². The fourth-order valence-corrected chi connectivity index (χ4v) is 5.23. The Hall–Kier alpha value is -2.51. The number of hydrogen-bond donors (Lipinski definition) is 1. The van der Waals surface area contributed by atoms with Crippen molar-refractivity contribution in [2.24, 2.45) is 13.0 Å². The zero-order chi connectivity index (χ0) is 21.8. The summed E-state index contributed by atoms with van der Waals surface area (Å²) in [7, 11) is 1.79. The van der Waals surface area contributed by atoms with Crippen molar-refractivity contribution in [3.63, 3.8) is 0 Å². The molecule has 1 aliphatic rings. The Morgan fingerprint density at radius 2 is 1.94 bits per heavy atom. The highest BCUT2D eigenvalue weighted by molar-refractivity contribution is 8.00. The summed E-state index contributed by atoms with van der Waals surface area (Å²) in [5.74, 6) is 0.824. The number of fused-ring (bicyclic) bond motifs is 1. The fraction of sp³-hybridized carbons (Fsp3) is 0.348. The maximum atomic E-state index is 12.7. The van der Waals surface area contributed by atoms with Crippen LogP contribution < -0.4 is 5.32 Å². The van der Waals surface area contributed by atoms with E-state index in [0.29, 0.717) is 28.8 Å². The van der Waals surface area contributed by atoms with Gasteiger partial charge in [-0.3, -0.25) is 14.3 Å². The number of thioether (sulfide) groups is 1. The molecule has 1 aliphatic heterocycles. The van der Waals surface area contributed by atoms with E-state index in [9.17, 15) is 9.59 Å². The predicted molar refractivity (Wildman–Crippen MR) is 125 cm³/mol. The van der Waals surface area contributed by atoms with Gasteiger partial charge < -0.3 is 10.2 Å². The van der Waals surface area contributed by atoms with Crippen LogP contribution in [0.1, 0.15) is 23.2 Å². The number of rotatable bonds is 6. The van der Waals surface area contributed by atoms with Crippen molar-refractivity contribution in [1.29, 1.82) is 0 Å². The molecule has 0 radical (unpaired) electrons. The summed E-state index contributed by atoms with van der Waals surface area (Å²) >= 11 is 7.93. The van der Waals surface area contributed by atoms with Gasteiger partial charge in [-0.05, 0) is 36.3 Å². The Morgan fingerprint density at radius 1 is 1.19 bits per heavy atom. The first-order valence-electron chi connectivity index (χ1n) is 10.4. The van der Waals surface area contributed by atoms with E-state index < -0.39 is 0 Å². The number of nitrogens with one attached hydrogen (secondary N) is 1. The summed E-state index contributed by atoms with van der Waals surface area (Å²) in [6.07, 6.45) is 5.06. The molecular formula is C23H25ClN4O2S. The van der Waals surface area contributed by atoms with Gasteiger partial charge in [0.25, 0.3) is 5.91 Å². The number of piperidine rings is 1. The third-order valence-electron chi connectivity index (χ3n) is 5.65. The van der Waals surface area contributed by atoms with Crippen LogP contribution in [0.3, 0.4) is 0 Å². The van der Waals surface area contributed by atoms with Crippen molar-refractivity contribution in [1.82, 2.24) is 20.0 Å². The van der Waals surface area contributed by atoms with Crippen LogP contribution in [0, 0.1) is 5.92 Å². The molecular weight excluding hydrogens is 432 g/mol. The van der Waals surface area contributed by atoms with Gasteiger partial charge in [0, 0.05) is 48.2 Å². The smallest absolute Gasteiger partial charge is 0.254 e.